The van der Waals surface area contributed by atoms with Crippen LogP contribution in [0.3, 0.4) is 0 Å². The van der Waals surface area contributed by atoms with Gasteiger partial charge in [0.2, 0.25) is 0 Å². The Morgan fingerprint density at radius 3 is 2.48 bits per heavy atom. The number of rotatable bonds is 10. The van der Waals surface area contributed by atoms with Crippen LogP contribution < -0.4 is 16.0 Å². The number of hydrogen-bond donors (Lipinski definition) is 4. The van der Waals surface area contributed by atoms with Crippen LogP contribution in [0.1, 0.15) is 57.9 Å². The molecule has 2 heterocycles. The van der Waals surface area contributed by atoms with Crippen molar-refractivity contribution in [2.75, 3.05) is 36.9 Å². The first kappa shape index (κ1) is 30.1. The summed E-state index contributed by atoms with van der Waals surface area (Å²) in [5.74, 6) is 0.764. The van der Waals surface area contributed by atoms with Gasteiger partial charge in [-0.3, -0.25) is 0 Å². The Hall–Kier alpha value is -2.87. The van der Waals surface area contributed by atoms with Gasteiger partial charge in [-0.25, -0.2) is 4.98 Å². The molecular formula is C30H40F3N5O2. The van der Waals surface area contributed by atoms with Gasteiger partial charge in [0.15, 0.2) is 5.60 Å². The fourth-order valence-electron chi connectivity index (χ4n) is 5.53. The molecule has 1 aromatic carbocycles. The Bertz CT molecular complexity index is 1170. The second-order valence-corrected chi connectivity index (χ2v) is 11.3. The Labute approximate surface area is 234 Å². The monoisotopic (exact) mass is 559 g/mol. The van der Waals surface area contributed by atoms with Crippen LogP contribution >= 0.6 is 0 Å². The molecule has 1 saturated carbocycles. The summed E-state index contributed by atoms with van der Waals surface area (Å²) < 4.78 is 44.3. The number of nitrogens with one attached hydrogen (secondary N) is 3. The SMILES string of the molecule is CCc1c(NCC2(C#N)CCOCC2)cccc1-c1ccnc(NC2CCC(NCC(C)(O)C(F)(F)F)CC2)c1. The molecule has 1 unspecified atom stereocenters. The molecule has 7 nitrogen and oxygen atoms in total. The molecule has 10 heteroatoms. The lowest BCUT2D eigenvalue weighted by Crippen LogP contribution is -2.52. The molecule has 0 amide bonds. The van der Waals surface area contributed by atoms with E-state index in [2.05, 4.69) is 46.1 Å². The zero-order valence-electron chi connectivity index (χ0n) is 23.3. The fourth-order valence-corrected chi connectivity index (χ4v) is 5.53. The Kier molecular flexibility index (Phi) is 9.60. The number of anilines is 2. The third kappa shape index (κ3) is 7.25. The molecule has 2 aromatic rings. The maximum absolute atomic E-state index is 12.9. The number of benzene rings is 1. The summed E-state index contributed by atoms with van der Waals surface area (Å²) in [6, 6.07) is 12.9. The van der Waals surface area contributed by atoms with Gasteiger partial charge >= 0.3 is 6.18 Å². The first-order valence-corrected chi connectivity index (χ1v) is 14.2. The largest absolute Gasteiger partial charge is 0.418 e. The van der Waals surface area contributed by atoms with E-state index in [9.17, 15) is 23.5 Å². The normalized spacial score (nSPS) is 22.6. The molecule has 2 aliphatic rings. The average Bonchev–Trinajstić information content (AvgIpc) is 2.95. The zero-order valence-corrected chi connectivity index (χ0v) is 23.3. The van der Waals surface area contributed by atoms with Crippen LogP contribution in [0.4, 0.5) is 24.7 Å². The summed E-state index contributed by atoms with van der Waals surface area (Å²) in [7, 11) is 0. The number of halogens is 3. The number of nitriles is 1. The first-order valence-electron chi connectivity index (χ1n) is 14.2. The molecule has 40 heavy (non-hydrogen) atoms. The van der Waals surface area contributed by atoms with Crippen molar-refractivity contribution in [3.05, 3.63) is 42.1 Å². The van der Waals surface area contributed by atoms with E-state index in [1.54, 1.807) is 6.20 Å². The molecule has 4 rings (SSSR count). The van der Waals surface area contributed by atoms with Crippen molar-refractivity contribution >= 4 is 11.5 Å². The molecule has 2 fully saturated rings. The van der Waals surface area contributed by atoms with Crippen molar-refractivity contribution in [2.24, 2.45) is 5.41 Å². The minimum atomic E-state index is -4.66. The van der Waals surface area contributed by atoms with E-state index in [1.807, 2.05) is 18.2 Å². The van der Waals surface area contributed by atoms with Gasteiger partial charge in [0.1, 0.15) is 5.82 Å². The van der Waals surface area contributed by atoms with Crippen molar-refractivity contribution < 1.29 is 23.0 Å². The van der Waals surface area contributed by atoms with Crippen LogP contribution in [0.25, 0.3) is 11.1 Å². The highest BCUT2D eigenvalue weighted by Crippen LogP contribution is 2.35. The minimum absolute atomic E-state index is 0.0603. The maximum atomic E-state index is 12.9. The number of alkyl halides is 3. The lowest BCUT2D eigenvalue weighted by atomic mass is 9.81. The number of aliphatic hydroxyl groups is 1. The molecule has 1 atom stereocenters. The Morgan fingerprint density at radius 1 is 1.12 bits per heavy atom. The van der Waals surface area contributed by atoms with E-state index in [0.29, 0.717) is 19.8 Å². The first-order chi connectivity index (χ1) is 19.1. The predicted molar refractivity (Wildman–Crippen MR) is 150 cm³/mol. The quantitative estimate of drug-likeness (QED) is 0.298. The third-order valence-corrected chi connectivity index (χ3v) is 8.33. The van der Waals surface area contributed by atoms with Crippen LogP contribution in [0.15, 0.2) is 36.5 Å². The smallest absolute Gasteiger partial charge is 0.383 e. The second kappa shape index (κ2) is 12.8. The summed E-state index contributed by atoms with van der Waals surface area (Å²) in [6.07, 6.45) is 2.43. The van der Waals surface area contributed by atoms with E-state index >= 15 is 0 Å². The Morgan fingerprint density at radius 2 is 1.82 bits per heavy atom. The van der Waals surface area contributed by atoms with Crippen LogP contribution in [-0.4, -0.2) is 60.3 Å². The van der Waals surface area contributed by atoms with E-state index in [1.165, 1.54) is 5.56 Å². The predicted octanol–water partition coefficient (Wildman–Crippen LogP) is 5.67. The molecule has 218 valence electrons. The van der Waals surface area contributed by atoms with Gasteiger partial charge in [0, 0.05) is 50.3 Å². The summed E-state index contributed by atoms with van der Waals surface area (Å²) in [5.41, 5.74) is 1.21. The Balaban J connectivity index is 1.38. The maximum Gasteiger partial charge on any atom is 0.418 e. The van der Waals surface area contributed by atoms with Gasteiger partial charge in [-0.15, -0.1) is 0 Å². The minimum Gasteiger partial charge on any atom is -0.383 e. The number of ether oxygens (including phenoxy) is 1. The third-order valence-electron chi connectivity index (χ3n) is 8.33. The van der Waals surface area contributed by atoms with Crippen molar-refractivity contribution in [3.8, 4) is 17.2 Å². The number of aromatic nitrogens is 1. The molecule has 1 aliphatic carbocycles. The average molecular weight is 560 g/mol. The molecule has 0 spiro atoms. The molecule has 4 N–H and O–H groups in total. The van der Waals surface area contributed by atoms with Gasteiger partial charge in [-0.1, -0.05) is 19.1 Å². The molecule has 1 aromatic heterocycles. The van der Waals surface area contributed by atoms with E-state index in [4.69, 9.17) is 4.74 Å². The van der Waals surface area contributed by atoms with Gasteiger partial charge in [-0.05, 0) is 86.8 Å². The van der Waals surface area contributed by atoms with Crippen LogP contribution in [-0.2, 0) is 11.2 Å². The highest BCUT2D eigenvalue weighted by Gasteiger charge is 2.49. The number of pyridine rings is 1. The summed E-state index contributed by atoms with van der Waals surface area (Å²) in [6.45, 7) is 4.22. The zero-order chi connectivity index (χ0) is 28.8. The lowest BCUT2D eigenvalue weighted by molar-refractivity contribution is -0.250. The van der Waals surface area contributed by atoms with Gasteiger partial charge in [0.05, 0.1) is 11.5 Å². The van der Waals surface area contributed by atoms with Crippen LogP contribution in [0.2, 0.25) is 0 Å². The second-order valence-electron chi connectivity index (χ2n) is 11.3. The highest BCUT2D eigenvalue weighted by molar-refractivity contribution is 5.75. The van der Waals surface area contributed by atoms with Crippen molar-refractivity contribution in [1.29, 1.82) is 5.26 Å². The van der Waals surface area contributed by atoms with Crippen LogP contribution in [0, 0.1) is 16.7 Å². The summed E-state index contributed by atoms with van der Waals surface area (Å²) >= 11 is 0. The van der Waals surface area contributed by atoms with Crippen molar-refractivity contribution in [1.82, 2.24) is 10.3 Å². The molecular weight excluding hydrogens is 519 g/mol. The highest BCUT2D eigenvalue weighted by atomic mass is 19.4. The van der Waals surface area contributed by atoms with Crippen molar-refractivity contribution in [3.63, 3.8) is 0 Å². The van der Waals surface area contributed by atoms with E-state index < -0.39 is 23.7 Å². The fraction of sp³-hybridized carbons (Fsp3) is 0.600. The lowest BCUT2D eigenvalue weighted by Gasteiger charge is -2.33. The topological polar surface area (TPSA) is 102 Å². The number of hydrogen-bond acceptors (Lipinski definition) is 7. The number of nitrogens with zero attached hydrogens (tertiary/aromatic N) is 2. The van der Waals surface area contributed by atoms with Gasteiger partial charge in [0.25, 0.3) is 0 Å². The standard InChI is InChI=1S/C30H40F3N5O2/c1-3-24-25(5-4-6-26(24)37-20-29(18-34)12-15-40-16-13-29)21-11-14-35-27(17-21)38-23-9-7-22(8-10-23)36-19-28(2,39)30(31,32)33/h4-6,11,14,17,22-23,36-37,39H,3,7-10,12-13,15-16,19-20H2,1-2H3,(H,35,38). The van der Waals surface area contributed by atoms with E-state index in [-0.39, 0.29) is 12.1 Å². The molecule has 1 saturated heterocycles. The van der Waals surface area contributed by atoms with Gasteiger partial charge < -0.3 is 25.8 Å². The van der Waals surface area contributed by atoms with Crippen molar-refractivity contribution in [2.45, 2.75) is 82.7 Å². The molecule has 1 aliphatic heterocycles. The van der Waals surface area contributed by atoms with E-state index in [0.717, 1.165) is 74.5 Å². The van der Waals surface area contributed by atoms with Crippen LogP contribution in [0.5, 0.6) is 0 Å². The summed E-state index contributed by atoms with van der Waals surface area (Å²) in [5, 5.41) is 29.5. The van der Waals surface area contributed by atoms with Gasteiger partial charge in [-0.2, -0.15) is 18.4 Å². The molecule has 0 bridgehead atoms. The summed E-state index contributed by atoms with van der Waals surface area (Å²) in [4.78, 5) is 4.52. The molecule has 0 radical (unpaired) electrons.